The summed E-state index contributed by atoms with van der Waals surface area (Å²) in [5, 5.41) is 0. The highest BCUT2D eigenvalue weighted by atomic mass is 15.4. The van der Waals surface area contributed by atoms with Crippen molar-refractivity contribution in [3.05, 3.63) is 61.1 Å². The van der Waals surface area contributed by atoms with Gasteiger partial charge >= 0.3 is 0 Å². The van der Waals surface area contributed by atoms with Gasteiger partial charge in [0.05, 0.1) is 18.1 Å². The molecule has 0 atom stereocenters. The van der Waals surface area contributed by atoms with Crippen LogP contribution in [0.3, 0.4) is 0 Å². The second kappa shape index (κ2) is 6.49. The maximum absolute atomic E-state index is 4.63. The quantitative estimate of drug-likeness (QED) is 0.861. The van der Waals surface area contributed by atoms with Crippen LogP contribution in [-0.4, -0.2) is 64.1 Å². The summed E-state index contributed by atoms with van der Waals surface area (Å²) in [6.07, 6.45) is 14.1. The molecule has 2 aromatic heterocycles. The van der Waals surface area contributed by atoms with Crippen molar-refractivity contribution in [1.29, 1.82) is 0 Å². The van der Waals surface area contributed by atoms with Gasteiger partial charge in [-0.2, -0.15) is 0 Å². The van der Waals surface area contributed by atoms with Crippen LogP contribution in [-0.2, 0) is 0 Å². The molecule has 2 aromatic rings. The van der Waals surface area contributed by atoms with E-state index in [1.807, 2.05) is 29.2 Å². The summed E-state index contributed by atoms with van der Waals surface area (Å²) in [7, 11) is 2.18. The average molecular weight is 322 g/mol. The lowest BCUT2D eigenvalue weighted by Gasteiger charge is -2.40. The largest absolute Gasteiger partial charge is 0.355 e. The zero-order valence-electron chi connectivity index (χ0n) is 13.9. The number of nitrogens with zero attached hydrogens (tertiary/aromatic N) is 6. The third-order valence-electron chi connectivity index (χ3n) is 4.56. The van der Waals surface area contributed by atoms with E-state index in [2.05, 4.69) is 56.1 Å². The van der Waals surface area contributed by atoms with Gasteiger partial charge in [-0.25, -0.2) is 4.98 Å². The van der Waals surface area contributed by atoms with Gasteiger partial charge in [0, 0.05) is 38.9 Å². The Morgan fingerprint density at radius 3 is 2.79 bits per heavy atom. The number of hydrogen-bond acceptors (Lipinski definition) is 5. The van der Waals surface area contributed by atoms with Crippen molar-refractivity contribution in [2.24, 2.45) is 0 Å². The predicted molar refractivity (Wildman–Crippen MR) is 95.0 cm³/mol. The van der Waals surface area contributed by atoms with Crippen molar-refractivity contribution in [3.63, 3.8) is 0 Å². The van der Waals surface area contributed by atoms with Crippen LogP contribution in [0, 0.1) is 0 Å². The van der Waals surface area contributed by atoms with Crippen molar-refractivity contribution >= 4 is 5.82 Å². The van der Waals surface area contributed by atoms with E-state index in [0.717, 1.165) is 44.2 Å². The number of pyridine rings is 1. The second-order valence-corrected chi connectivity index (χ2v) is 6.20. The maximum atomic E-state index is 4.63. The SMILES string of the molecule is CN1CCN(C2=CC=CCN2c2cn(-c3cccnc3)cn2)CC1. The molecule has 6 heteroatoms. The maximum Gasteiger partial charge on any atom is 0.153 e. The molecule has 0 aromatic carbocycles. The summed E-state index contributed by atoms with van der Waals surface area (Å²) in [6, 6.07) is 3.97. The third-order valence-corrected chi connectivity index (χ3v) is 4.56. The lowest BCUT2D eigenvalue weighted by atomic mass is 10.2. The van der Waals surface area contributed by atoms with E-state index in [1.165, 1.54) is 5.82 Å². The van der Waals surface area contributed by atoms with Gasteiger partial charge in [0.15, 0.2) is 5.82 Å². The number of rotatable bonds is 3. The Bertz CT molecular complexity index is 740. The molecule has 2 aliphatic heterocycles. The van der Waals surface area contributed by atoms with Crippen LogP contribution in [0.1, 0.15) is 0 Å². The molecule has 124 valence electrons. The van der Waals surface area contributed by atoms with Gasteiger partial charge in [-0.3, -0.25) is 4.98 Å². The highest BCUT2D eigenvalue weighted by molar-refractivity contribution is 5.49. The van der Waals surface area contributed by atoms with Crippen LogP contribution in [0.5, 0.6) is 0 Å². The van der Waals surface area contributed by atoms with E-state index in [1.54, 1.807) is 6.20 Å². The zero-order valence-corrected chi connectivity index (χ0v) is 13.9. The molecule has 0 unspecified atom stereocenters. The van der Waals surface area contributed by atoms with E-state index < -0.39 is 0 Å². The van der Waals surface area contributed by atoms with E-state index in [0.29, 0.717) is 0 Å². The Kier molecular flexibility index (Phi) is 4.04. The molecule has 0 N–H and O–H groups in total. The van der Waals surface area contributed by atoms with E-state index in [-0.39, 0.29) is 0 Å². The van der Waals surface area contributed by atoms with Crippen molar-refractivity contribution in [2.75, 3.05) is 44.7 Å². The predicted octanol–water partition coefficient (Wildman–Crippen LogP) is 1.73. The number of hydrogen-bond donors (Lipinski definition) is 0. The number of piperazine rings is 1. The first kappa shape index (κ1) is 15.0. The molecule has 24 heavy (non-hydrogen) atoms. The molecule has 1 fully saturated rings. The highest BCUT2D eigenvalue weighted by Gasteiger charge is 2.23. The highest BCUT2D eigenvalue weighted by Crippen LogP contribution is 2.24. The molecular formula is C18H22N6. The van der Waals surface area contributed by atoms with E-state index in [9.17, 15) is 0 Å². The standard InChI is InChI=1S/C18H22N6/c1-21-9-11-22(12-10-21)18-6-2-3-8-24(18)17-14-23(15-20-17)16-5-4-7-19-13-16/h2-7,13-15H,8-12H2,1H3. The van der Waals surface area contributed by atoms with Crippen molar-refractivity contribution in [1.82, 2.24) is 24.3 Å². The first-order chi connectivity index (χ1) is 11.8. The minimum absolute atomic E-state index is 0.849. The summed E-state index contributed by atoms with van der Waals surface area (Å²) >= 11 is 0. The van der Waals surface area contributed by atoms with Gasteiger partial charge in [-0.1, -0.05) is 12.2 Å². The zero-order chi connectivity index (χ0) is 16.4. The summed E-state index contributed by atoms with van der Waals surface area (Å²) in [4.78, 5) is 15.9. The van der Waals surface area contributed by atoms with Gasteiger partial charge in [0.2, 0.25) is 0 Å². The molecule has 4 rings (SSSR count). The van der Waals surface area contributed by atoms with Gasteiger partial charge in [-0.05, 0) is 25.3 Å². The molecule has 0 amide bonds. The lowest BCUT2D eigenvalue weighted by molar-refractivity contribution is 0.183. The van der Waals surface area contributed by atoms with Crippen LogP contribution in [0.25, 0.3) is 5.69 Å². The fourth-order valence-electron chi connectivity index (χ4n) is 3.13. The Balaban J connectivity index is 1.58. The number of aromatic nitrogens is 3. The first-order valence-corrected chi connectivity index (χ1v) is 8.33. The smallest absolute Gasteiger partial charge is 0.153 e. The molecule has 0 bridgehead atoms. The van der Waals surface area contributed by atoms with Crippen LogP contribution in [0.2, 0.25) is 0 Å². The van der Waals surface area contributed by atoms with Crippen LogP contribution < -0.4 is 4.90 Å². The molecular weight excluding hydrogens is 300 g/mol. The van der Waals surface area contributed by atoms with Crippen molar-refractivity contribution < 1.29 is 0 Å². The van der Waals surface area contributed by atoms with Crippen molar-refractivity contribution in [2.45, 2.75) is 0 Å². The van der Waals surface area contributed by atoms with Crippen LogP contribution >= 0.6 is 0 Å². The van der Waals surface area contributed by atoms with Crippen LogP contribution in [0.15, 0.2) is 61.1 Å². The Morgan fingerprint density at radius 1 is 1.12 bits per heavy atom. The normalized spacial score (nSPS) is 18.8. The van der Waals surface area contributed by atoms with Gasteiger partial charge < -0.3 is 19.3 Å². The minimum atomic E-state index is 0.849. The van der Waals surface area contributed by atoms with E-state index >= 15 is 0 Å². The van der Waals surface area contributed by atoms with E-state index in [4.69, 9.17) is 0 Å². The lowest BCUT2D eigenvalue weighted by Crippen LogP contribution is -2.48. The molecule has 2 aliphatic rings. The summed E-state index contributed by atoms with van der Waals surface area (Å²) in [6.45, 7) is 5.15. The summed E-state index contributed by atoms with van der Waals surface area (Å²) < 4.78 is 2.02. The monoisotopic (exact) mass is 322 g/mol. The Hall–Kier alpha value is -2.60. The van der Waals surface area contributed by atoms with Crippen LogP contribution in [0.4, 0.5) is 5.82 Å². The molecule has 0 radical (unpaired) electrons. The molecule has 0 aliphatic carbocycles. The third kappa shape index (κ3) is 2.92. The molecule has 1 saturated heterocycles. The van der Waals surface area contributed by atoms with Gasteiger partial charge in [0.1, 0.15) is 12.1 Å². The molecule has 0 saturated carbocycles. The average Bonchev–Trinajstić information content (AvgIpc) is 3.13. The molecule has 6 nitrogen and oxygen atoms in total. The number of allylic oxidation sites excluding steroid dienone is 2. The second-order valence-electron chi connectivity index (χ2n) is 6.20. The first-order valence-electron chi connectivity index (χ1n) is 8.33. The summed E-state index contributed by atoms with van der Waals surface area (Å²) in [5.41, 5.74) is 1.02. The number of anilines is 1. The number of imidazole rings is 1. The summed E-state index contributed by atoms with van der Waals surface area (Å²) in [5.74, 6) is 2.20. The topological polar surface area (TPSA) is 40.4 Å². The number of likely N-dealkylation sites (N-methyl/N-ethyl adjacent to an activating group) is 1. The van der Waals surface area contributed by atoms with Gasteiger partial charge in [0.25, 0.3) is 0 Å². The Labute approximate surface area is 142 Å². The molecule has 4 heterocycles. The van der Waals surface area contributed by atoms with Crippen molar-refractivity contribution in [3.8, 4) is 5.69 Å². The minimum Gasteiger partial charge on any atom is -0.355 e. The molecule has 0 spiro atoms. The van der Waals surface area contributed by atoms with Gasteiger partial charge in [-0.15, -0.1) is 0 Å². The fourth-order valence-corrected chi connectivity index (χ4v) is 3.13. The Morgan fingerprint density at radius 2 is 2.00 bits per heavy atom. The fraction of sp³-hybridized carbons (Fsp3) is 0.333.